The van der Waals surface area contributed by atoms with Crippen LogP contribution < -0.4 is 10.5 Å². The molecule has 74 valence electrons. The number of nitrogens with one attached hydrogen (secondary N) is 1. The molecule has 1 aromatic heterocycles. The molecule has 0 fully saturated rings. The fourth-order valence-electron chi connectivity index (χ4n) is 1.38. The third-order valence-electron chi connectivity index (χ3n) is 2.00. The van der Waals surface area contributed by atoms with Crippen molar-refractivity contribution in [3.05, 3.63) is 28.2 Å². The van der Waals surface area contributed by atoms with Crippen LogP contribution >= 0.6 is 0 Å². The summed E-state index contributed by atoms with van der Waals surface area (Å²) in [7, 11) is 1.46. The summed E-state index contributed by atoms with van der Waals surface area (Å²) in [5.41, 5.74) is 1.48. The SMILES string of the molecule is COc1c(CO)ccc2[nH]c(=O)oc12. The van der Waals surface area contributed by atoms with Gasteiger partial charge < -0.3 is 14.3 Å². The molecule has 5 heteroatoms. The smallest absolute Gasteiger partial charge is 0.417 e. The molecule has 0 aliphatic rings. The highest BCUT2D eigenvalue weighted by atomic mass is 16.5. The molecule has 2 rings (SSSR count). The highest BCUT2D eigenvalue weighted by Gasteiger charge is 2.11. The zero-order valence-corrected chi connectivity index (χ0v) is 7.53. The number of benzene rings is 1. The van der Waals surface area contributed by atoms with Crippen molar-refractivity contribution in [2.75, 3.05) is 7.11 Å². The average Bonchev–Trinajstić information content (AvgIpc) is 2.56. The quantitative estimate of drug-likeness (QED) is 0.736. The van der Waals surface area contributed by atoms with Gasteiger partial charge in [-0.15, -0.1) is 0 Å². The van der Waals surface area contributed by atoms with E-state index in [2.05, 4.69) is 4.98 Å². The summed E-state index contributed by atoms with van der Waals surface area (Å²) in [5.74, 6) is -0.142. The summed E-state index contributed by atoms with van der Waals surface area (Å²) >= 11 is 0. The minimum absolute atomic E-state index is 0.159. The van der Waals surface area contributed by atoms with Gasteiger partial charge in [-0.05, 0) is 6.07 Å². The van der Waals surface area contributed by atoms with Gasteiger partial charge in [0.15, 0.2) is 11.3 Å². The Kier molecular flexibility index (Phi) is 2.01. The Bertz CT molecular complexity index is 511. The molecule has 2 N–H and O–H groups in total. The molecule has 0 amide bonds. The zero-order valence-electron chi connectivity index (χ0n) is 7.53. The summed E-state index contributed by atoms with van der Waals surface area (Å²) < 4.78 is 9.94. The topological polar surface area (TPSA) is 75.5 Å². The number of aromatic amines is 1. The van der Waals surface area contributed by atoms with Gasteiger partial charge in [-0.25, -0.2) is 4.79 Å². The zero-order chi connectivity index (χ0) is 10.1. The number of oxazole rings is 1. The number of rotatable bonds is 2. The second-order valence-electron chi connectivity index (χ2n) is 2.81. The standard InChI is InChI=1S/C9H9NO4/c1-13-7-5(4-11)2-3-6-8(7)14-9(12)10-6/h2-3,11H,4H2,1H3,(H,10,12). The van der Waals surface area contributed by atoms with Crippen LogP contribution in [0.1, 0.15) is 5.56 Å². The maximum atomic E-state index is 10.9. The molecule has 0 aliphatic carbocycles. The Morgan fingerprint density at radius 2 is 2.36 bits per heavy atom. The highest BCUT2D eigenvalue weighted by molar-refractivity contribution is 5.80. The van der Waals surface area contributed by atoms with E-state index >= 15 is 0 Å². The van der Waals surface area contributed by atoms with Crippen LogP contribution in [0.25, 0.3) is 11.1 Å². The largest absolute Gasteiger partial charge is 0.492 e. The van der Waals surface area contributed by atoms with Gasteiger partial charge >= 0.3 is 5.76 Å². The maximum absolute atomic E-state index is 10.9. The third kappa shape index (κ3) is 1.18. The van der Waals surface area contributed by atoms with E-state index in [1.807, 2.05) is 0 Å². The van der Waals surface area contributed by atoms with Gasteiger partial charge in [-0.3, -0.25) is 4.98 Å². The van der Waals surface area contributed by atoms with Gasteiger partial charge in [0.25, 0.3) is 0 Å². The maximum Gasteiger partial charge on any atom is 0.417 e. The first-order valence-corrected chi connectivity index (χ1v) is 4.06. The van der Waals surface area contributed by atoms with Crippen LogP contribution in [0.5, 0.6) is 5.75 Å². The van der Waals surface area contributed by atoms with Crippen LogP contribution in [0.2, 0.25) is 0 Å². The Morgan fingerprint density at radius 3 is 3.00 bits per heavy atom. The molecule has 0 aliphatic heterocycles. The number of aliphatic hydroxyl groups excluding tert-OH is 1. The second-order valence-corrected chi connectivity index (χ2v) is 2.81. The number of fused-ring (bicyclic) bond motifs is 1. The molecular formula is C9H9NO4. The van der Waals surface area contributed by atoms with E-state index in [9.17, 15) is 4.79 Å². The molecule has 0 saturated heterocycles. The number of aromatic nitrogens is 1. The Morgan fingerprint density at radius 1 is 1.57 bits per heavy atom. The second kappa shape index (κ2) is 3.19. The van der Waals surface area contributed by atoms with E-state index in [0.29, 0.717) is 22.4 Å². The van der Waals surface area contributed by atoms with Gasteiger partial charge in [0.05, 0.1) is 19.2 Å². The third-order valence-corrected chi connectivity index (χ3v) is 2.00. The van der Waals surface area contributed by atoms with E-state index in [0.717, 1.165) is 0 Å². The van der Waals surface area contributed by atoms with E-state index in [4.69, 9.17) is 14.3 Å². The summed E-state index contributed by atoms with van der Waals surface area (Å²) in [5, 5.41) is 9.01. The first kappa shape index (κ1) is 8.83. The van der Waals surface area contributed by atoms with E-state index in [-0.39, 0.29) is 6.61 Å². The predicted molar refractivity (Wildman–Crippen MR) is 49.3 cm³/mol. The normalized spacial score (nSPS) is 10.7. The summed E-state index contributed by atoms with van der Waals surface area (Å²) in [6.07, 6.45) is 0. The van der Waals surface area contributed by atoms with Crippen molar-refractivity contribution in [1.82, 2.24) is 4.98 Å². The molecule has 0 bridgehead atoms. The van der Waals surface area contributed by atoms with Crippen molar-refractivity contribution < 1.29 is 14.3 Å². The van der Waals surface area contributed by atoms with E-state index < -0.39 is 5.76 Å². The van der Waals surface area contributed by atoms with Crippen LogP contribution in [0, 0.1) is 0 Å². The van der Waals surface area contributed by atoms with Crippen molar-refractivity contribution in [2.24, 2.45) is 0 Å². The molecule has 2 aromatic rings. The molecule has 1 aromatic carbocycles. The van der Waals surface area contributed by atoms with Crippen LogP contribution in [-0.4, -0.2) is 17.2 Å². The van der Waals surface area contributed by atoms with Gasteiger partial charge in [0.1, 0.15) is 0 Å². The molecule has 14 heavy (non-hydrogen) atoms. The van der Waals surface area contributed by atoms with Crippen LogP contribution in [0.15, 0.2) is 21.3 Å². The molecule has 0 spiro atoms. The Labute approximate surface area is 78.9 Å². The Balaban J connectivity index is 2.82. The van der Waals surface area contributed by atoms with Crippen molar-refractivity contribution >= 4 is 11.1 Å². The molecule has 0 unspecified atom stereocenters. The highest BCUT2D eigenvalue weighted by Crippen LogP contribution is 2.27. The molecule has 0 saturated carbocycles. The minimum Gasteiger partial charge on any atom is -0.492 e. The van der Waals surface area contributed by atoms with Gasteiger partial charge in [0.2, 0.25) is 0 Å². The fourth-order valence-corrected chi connectivity index (χ4v) is 1.38. The van der Waals surface area contributed by atoms with Gasteiger partial charge in [-0.1, -0.05) is 6.07 Å². The number of hydrogen-bond donors (Lipinski definition) is 2. The van der Waals surface area contributed by atoms with Crippen molar-refractivity contribution in [3.8, 4) is 5.75 Å². The van der Waals surface area contributed by atoms with Gasteiger partial charge in [0, 0.05) is 5.56 Å². The summed E-state index contributed by atoms with van der Waals surface area (Å²) in [6, 6.07) is 3.33. The molecule has 1 heterocycles. The number of H-pyrrole nitrogens is 1. The van der Waals surface area contributed by atoms with Gasteiger partial charge in [-0.2, -0.15) is 0 Å². The lowest BCUT2D eigenvalue weighted by atomic mass is 10.2. The van der Waals surface area contributed by atoms with E-state index in [1.54, 1.807) is 12.1 Å². The first-order valence-electron chi connectivity index (χ1n) is 4.06. The van der Waals surface area contributed by atoms with Crippen LogP contribution in [0.4, 0.5) is 0 Å². The number of hydrogen-bond acceptors (Lipinski definition) is 4. The lowest BCUT2D eigenvalue weighted by Gasteiger charge is -2.04. The van der Waals surface area contributed by atoms with E-state index in [1.165, 1.54) is 7.11 Å². The molecule has 0 radical (unpaired) electrons. The van der Waals surface area contributed by atoms with Crippen LogP contribution in [-0.2, 0) is 6.61 Å². The lowest BCUT2D eigenvalue weighted by molar-refractivity contribution is 0.273. The Hall–Kier alpha value is -1.75. The summed E-state index contributed by atoms with van der Waals surface area (Å²) in [4.78, 5) is 13.4. The van der Waals surface area contributed by atoms with Crippen molar-refractivity contribution in [3.63, 3.8) is 0 Å². The number of ether oxygens (including phenoxy) is 1. The fraction of sp³-hybridized carbons (Fsp3) is 0.222. The number of aliphatic hydroxyl groups is 1. The first-order chi connectivity index (χ1) is 6.76. The summed E-state index contributed by atoms with van der Waals surface area (Å²) in [6.45, 7) is -0.159. The van der Waals surface area contributed by atoms with Crippen molar-refractivity contribution in [2.45, 2.75) is 6.61 Å². The minimum atomic E-state index is -0.534. The lowest BCUT2D eigenvalue weighted by Crippen LogP contribution is -1.92. The average molecular weight is 195 g/mol. The molecule has 0 atom stereocenters. The predicted octanol–water partition coefficient (Wildman–Crippen LogP) is 0.622. The van der Waals surface area contributed by atoms with Crippen LogP contribution in [0.3, 0.4) is 0 Å². The molecular weight excluding hydrogens is 186 g/mol. The monoisotopic (exact) mass is 195 g/mol. The van der Waals surface area contributed by atoms with Crippen molar-refractivity contribution in [1.29, 1.82) is 0 Å². The molecule has 5 nitrogen and oxygen atoms in total. The number of methoxy groups -OCH3 is 1.